The lowest BCUT2D eigenvalue weighted by molar-refractivity contribution is -0.274. The Labute approximate surface area is 364 Å². The molecular weight excluding hydrogens is 846 g/mol. The Bertz CT molecular complexity index is 2380. The predicted octanol–water partition coefficient (Wildman–Crippen LogP) is 6.11. The lowest BCUT2D eigenvalue weighted by Gasteiger charge is -2.30. The van der Waals surface area contributed by atoms with Gasteiger partial charge in [0.05, 0.1) is 17.5 Å². The lowest BCUT2D eigenvalue weighted by atomic mass is 10.0. The van der Waals surface area contributed by atoms with E-state index in [-0.39, 0.29) is 31.7 Å². The molecule has 19 heteroatoms. The maximum absolute atomic E-state index is 14.7. The van der Waals surface area contributed by atoms with Crippen molar-refractivity contribution in [2.75, 3.05) is 25.5 Å². The van der Waals surface area contributed by atoms with Crippen LogP contribution in [-0.2, 0) is 29.1 Å². The molecule has 0 radical (unpaired) electrons. The number of sulfonamides is 1. The summed E-state index contributed by atoms with van der Waals surface area (Å²) in [5.41, 5.74) is -0.802. The number of nitrogens with zero attached hydrogens (tertiary/aromatic N) is 3. The van der Waals surface area contributed by atoms with Crippen molar-refractivity contribution < 1.29 is 55.0 Å². The summed E-state index contributed by atoms with van der Waals surface area (Å²) in [5, 5.41) is 6.14. The molecule has 2 aromatic carbocycles. The van der Waals surface area contributed by atoms with Gasteiger partial charge in [-0.1, -0.05) is 25.0 Å². The average molecular weight is 899 g/mol. The third-order valence-electron chi connectivity index (χ3n) is 11.5. The van der Waals surface area contributed by atoms with Crippen LogP contribution >= 0.6 is 0 Å². The molecule has 2 unspecified atom stereocenters. The minimum Gasteiger partial charge on any atom is -0.472 e. The third-order valence-corrected chi connectivity index (χ3v) is 13.3. The fourth-order valence-electron chi connectivity index (χ4n) is 8.01. The van der Waals surface area contributed by atoms with E-state index >= 15 is 0 Å². The van der Waals surface area contributed by atoms with Crippen molar-refractivity contribution in [1.82, 2.24) is 25.2 Å². The number of allylic oxidation sites excluding steroid dienone is 1. The number of hydrogen-bond donors (Lipinski definition) is 3. The summed E-state index contributed by atoms with van der Waals surface area (Å²) in [6.07, 6.45) is 0.966. The molecule has 2 aliphatic heterocycles. The number of pyridine rings is 1. The normalized spacial score (nSPS) is 25.0. The quantitative estimate of drug-likeness (QED) is 0.211. The van der Waals surface area contributed by atoms with Crippen molar-refractivity contribution in [2.45, 2.75) is 119 Å². The Kier molecular flexibility index (Phi) is 12.6. The van der Waals surface area contributed by atoms with Gasteiger partial charge in [-0.2, -0.15) is 0 Å². The van der Waals surface area contributed by atoms with E-state index in [9.17, 15) is 40.8 Å². The zero-order valence-electron chi connectivity index (χ0n) is 35.8. The highest BCUT2D eigenvalue weighted by Gasteiger charge is 2.62. The third kappa shape index (κ3) is 11.0. The van der Waals surface area contributed by atoms with Gasteiger partial charge in [-0.3, -0.25) is 19.1 Å². The second-order valence-electron chi connectivity index (χ2n) is 17.9. The Morgan fingerprint density at radius 3 is 2.38 bits per heavy atom. The number of halogens is 3. The van der Waals surface area contributed by atoms with Gasteiger partial charge in [-0.25, -0.2) is 18.2 Å². The van der Waals surface area contributed by atoms with Crippen LogP contribution in [-0.4, -0.2) is 104 Å². The van der Waals surface area contributed by atoms with Crippen molar-refractivity contribution in [3.63, 3.8) is 0 Å². The molecule has 4 amide bonds. The fourth-order valence-corrected chi connectivity index (χ4v) is 9.38. The summed E-state index contributed by atoms with van der Waals surface area (Å²) in [7, 11) is -0.229. The van der Waals surface area contributed by atoms with E-state index in [1.807, 2.05) is 49.3 Å². The van der Waals surface area contributed by atoms with Gasteiger partial charge in [0.2, 0.25) is 27.7 Å². The summed E-state index contributed by atoms with van der Waals surface area (Å²) in [4.78, 5) is 64.3. The smallest absolute Gasteiger partial charge is 0.472 e. The highest BCUT2D eigenvalue weighted by Crippen LogP contribution is 2.46. The van der Waals surface area contributed by atoms with Gasteiger partial charge in [0.15, 0.2) is 0 Å². The molecule has 2 saturated carbocycles. The van der Waals surface area contributed by atoms with E-state index in [1.54, 1.807) is 26.8 Å². The monoisotopic (exact) mass is 898 g/mol. The van der Waals surface area contributed by atoms with E-state index in [1.165, 1.54) is 29.2 Å². The van der Waals surface area contributed by atoms with Gasteiger partial charge in [0, 0.05) is 43.1 Å². The number of ether oxygens (including phenoxy) is 3. The topological polar surface area (TPSA) is 186 Å². The van der Waals surface area contributed by atoms with Crippen molar-refractivity contribution in [2.24, 2.45) is 5.92 Å². The van der Waals surface area contributed by atoms with Crippen LogP contribution in [0.1, 0.15) is 78.6 Å². The van der Waals surface area contributed by atoms with Gasteiger partial charge in [0.1, 0.15) is 35.1 Å². The Morgan fingerprint density at radius 1 is 0.984 bits per heavy atom. The second kappa shape index (κ2) is 17.5. The van der Waals surface area contributed by atoms with Crippen molar-refractivity contribution in [3.8, 4) is 22.9 Å². The number of alkyl halides is 3. The van der Waals surface area contributed by atoms with E-state index < -0.39 is 86.4 Å². The highest BCUT2D eigenvalue weighted by molar-refractivity contribution is 7.91. The fraction of sp³-hybridized carbons (Fsp3) is 0.523. The van der Waals surface area contributed by atoms with Crippen LogP contribution in [0.25, 0.3) is 22.0 Å². The summed E-state index contributed by atoms with van der Waals surface area (Å²) in [5.74, 6) is -2.92. The van der Waals surface area contributed by atoms with Gasteiger partial charge >= 0.3 is 12.5 Å². The first-order valence-electron chi connectivity index (χ1n) is 21.1. The summed E-state index contributed by atoms with van der Waals surface area (Å²) < 4.78 is 83.1. The number of rotatable bonds is 9. The first kappa shape index (κ1) is 45.4. The number of hydrogen-bond acceptors (Lipinski definition) is 11. The van der Waals surface area contributed by atoms with Crippen molar-refractivity contribution in [3.05, 3.63) is 60.7 Å². The lowest BCUT2D eigenvalue weighted by Crippen LogP contribution is -2.58. The molecular formula is C44H53F3N6O9S. The van der Waals surface area contributed by atoms with Crippen LogP contribution in [0.5, 0.6) is 11.6 Å². The molecule has 7 rings (SSSR count). The molecule has 4 aliphatic rings. The zero-order valence-corrected chi connectivity index (χ0v) is 36.6. The zero-order chi connectivity index (χ0) is 45.5. The minimum absolute atomic E-state index is 0.0814. The number of amides is 4. The van der Waals surface area contributed by atoms with Gasteiger partial charge in [0.25, 0.3) is 5.91 Å². The molecule has 3 fully saturated rings. The number of fused-ring (bicyclic) bond motifs is 3. The number of aromatic nitrogens is 1. The molecule has 5 atom stereocenters. The molecule has 340 valence electrons. The van der Waals surface area contributed by atoms with Crippen LogP contribution < -0.4 is 29.7 Å². The molecule has 1 aromatic heterocycles. The van der Waals surface area contributed by atoms with Crippen LogP contribution in [0, 0.1) is 5.92 Å². The van der Waals surface area contributed by atoms with Gasteiger partial charge in [-0.15, -0.1) is 13.2 Å². The van der Waals surface area contributed by atoms with Crippen molar-refractivity contribution >= 4 is 50.3 Å². The van der Waals surface area contributed by atoms with E-state index in [4.69, 9.17) is 14.5 Å². The van der Waals surface area contributed by atoms with Gasteiger partial charge < -0.3 is 34.6 Å². The van der Waals surface area contributed by atoms with Gasteiger partial charge in [-0.05, 0) is 113 Å². The molecule has 3 aromatic rings. The predicted molar refractivity (Wildman–Crippen MR) is 227 cm³/mol. The van der Waals surface area contributed by atoms with E-state index in [2.05, 4.69) is 20.1 Å². The molecule has 1 saturated heterocycles. The summed E-state index contributed by atoms with van der Waals surface area (Å²) in [6, 6.07) is 10.2. The van der Waals surface area contributed by atoms with E-state index in [0.717, 1.165) is 12.1 Å². The molecule has 2 aliphatic carbocycles. The number of carbonyl (C=O) groups excluding carboxylic acids is 4. The maximum Gasteiger partial charge on any atom is 0.573 e. The Balaban J connectivity index is 1.24. The molecule has 3 heterocycles. The standard InChI is InChI=1S/C44H53F3N6O9S/c1-42(2,3)62-41(57)49-34-12-10-8-6-7-9-11-28-24-43(28,40(56)51-63(58,59)32-18-19-32)50-37(54)36-23-31(25-53(36)39(34)55)60-38-33-20-15-29(52(4)5)21-27(33)22-35(48-38)26-13-16-30(17-14-26)61-44(45,46)47/h9,11,13-17,20-22,28,31-32,34,36H,6-8,10,12,18-19,23-25H2,1-5H3,(H,49,57)(H,50,54)(H,51,56)/b11-9-/t28?,31?,34-,36-,43+/m0/s1. The van der Waals surface area contributed by atoms with E-state index in [0.29, 0.717) is 54.1 Å². The number of alkyl carbamates (subject to hydrolysis) is 1. The number of benzene rings is 2. The van der Waals surface area contributed by atoms with Crippen LogP contribution in [0.4, 0.5) is 23.7 Å². The average Bonchev–Trinajstić information content (AvgIpc) is 4.12. The molecule has 15 nitrogen and oxygen atoms in total. The largest absolute Gasteiger partial charge is 0.573 e. The Hall–Kier alpha value is -5.59. The molecule has 0 bridgehead atoms. The number of carbonyl (C=O) groups is 4. The molecule has 3 N–H and O–H groups in total. The Morgan fingerprint density at radius 2 is 1.71 bits per heavy atom. The minimum atomic E-state index is -4.88. The number of nitrogens with one attached hydrogen (secondary N) is 3. The number of anilines is 1. The first-order valence-corrected chi connectivity index (χ1v) is 22.7. The molecule has 63 heavy (non-hydrogen) atoms. The molecule has 0 spiro atoms. The second-order valence-corrected chi connectivity index (χ2v) is 19.8. The van der Waals surface area contributed by atoms with Crippen LogP contribution in [0.2, 0.25) is 0 Å². The SMILES string of the molecule is CN(C)c1ccc2c(OC3C[C@H]4C(=O)N[C@]5(C(=O)NS(=O)(=O)C6CC6)CC5/C=C\CCCCC[C@H](NC(=O)OC(C)(C)C)C(=O)N4C3)nc(-c3ccc(OC(F)(F)F)cc3)cc2c1. The van der Waals surface area contributed by atoms with Crippen LogP contribution in [0.15, 0.2) is 60.7 Å². The first-order chi connectivity index (χ1) is 29.6. The maximum atomic E-state index is 14.7. The van der Waals surface area contributed by atoms with Crippen LogP contribution in [0.3, 0.4) is 0 Å². The van der Waals surface area contributed by atoms with Crippen molar-refractivity contribution in [1.29, 1.82) is 0 Å². The highest BCUT2D eigenvalue weighted by atomic mass is 32.2. The summed E-state index contributed by atoms with van der Waals surface area (Å²) >= 11 is 0. The summed E-state index contributed by atoms with van der Waals surface area (Å²) in [6.45, 7) is 4.94.